The van der Waals surface area contributed by atoms with Gasteiger partial charge in [-0.15, -0.1) is 0 Å². The smallest absolute Gasteiger partial charge is 0.242 e. The van der Waals surface area contributed by atoms with Crippen molar-refractivity contribution in [3.05, 3.63) is 24.0 Å². The molecule has 1 aromatic heterocycles. The normalized spacial score (nSPS) is 13.9. The quantitative estimate of drug-likeness (QED) is 0.568. The minimum atomic E-state index is 0.0447. The zero-order valence-corrected chi connectivity index (χ0v) is 16.6. The van der Waals surface area contributed by atoms with Crippen molar-refractivity contribution in [2.75, 3.05) is 26.8 Å². The van der Waals surface area contributed by atoms with Gasteiger partial charge in [0.05, 0.1) is 13.1 Å². The molecule has 2 rings (SSSR count). The number of carbonyl (C=O) groups is 2. The summed E-state index contributed by atoms with van der Waals surface area (Å²) in [4.78, 5) is 29.2. The van der Waals surface area contributed by atoms with Crippen LogP contribution in [0, 0.1) is 5.92 Å². The van der Waals surface area contributed by atoms with Crippen LogP contribution in [0.15, 0.2) is 18.3 Å². The second-order valence-corrected chi connectivity index (χ2v) is 7.62. The highest BCUT2D eigenvalue weighted by Gasteiger charge is 2.34. The first-order chi connectivity index (χ1) is 12.4. The van der Waals surface area contributed by atoms with Crippen molar-refractivity contribution >= 4 is 11.8 Å². The Morgan fingerprint density at radius 1 is 1.31 bits per heavy atom. The molecule has 2 amide bonds. The molecule has 1 aliphatic rings. The lowest BCUT2D eigenvalue weighted by Gasteiger charge is -2.28. The summed E-state index contributed by atoms with van der Waals surface area (Å²) < 4.78 is 7.15. The summed E-state index contributed by atoms with van der Waals surface area (Å²) in [5.41, 5.74) is 1.12. The van der Waals surface area contributed by atoms with Gasteiger partial charge in [0.25, 0.3) is 0 Å². The Hall–Kier alpha value is -1.82. The van der Waals surface area contributed by atoms with Crippen LogP contribution in [0.25, 0.3) is 0 Å². The van der Waals surface area contributed by atoms with Crippen LogP contribution in [0.2, 0.25) is 0 Å². The zero-order valence-electron chi connectivity index (χ0n) is 16.6. The molecule has 0 aromatic carbocycles. The molecule has 26 heavy (non-hydrogen) atoms. The largest absolute Gasteiger partial charge is 0.385 e. The number of methoxy groups -OCH3 is 1. The van der Waals surface area contributed by atoms with Crippen LogP contribution in [0.3, 0.4) is 0 Å². The molecule has 1 saturated carbocycles. The highest BCUT2D eigenvalue weighted by molar-refractivity contribution is 5.85. The molecule has 0 aliphatic heterocycles. The van der Waals surface area contributed by atoms with Gasteiger partial charge in [-0.1, -0.05) is 13.8 Å². The molecule has 1 heterocycles. The van der Waals surface area contributed by atoms with Crippen LogP contribution >= 0.6 is 0 Å². The second-order valence-electron chi connectivity index (χ2n) is 7.62. The Labute approximate surface area is 157 Å². The molecule has 0 radical (unpaired) electrons. The number of hydrogen-bond donors (Lipinski definition) is 0. The predicted molar refractivity (Wildman–Crippen MR) is 102 cm³/mol. The number of rotatable bonds is 11. The molecule has 0 saturated heterocycles. The third kappa shape index (κ3) is 6.16. The third-order valence-electron chi connectivity index (χ3n) is 4.73. The fourth-order valence-electron chi connectivity index (χ4n) is 3.07. The molecule has 146 valence electrons. The molecule has 6 nitrogen and oxygen atoms in total. The zero-order chi connectivity index (χ0) is 19.1. The molecule has 6 heteroatoms. The molecule has 1 fully saturated rings. The standard InChI is InChI=1S/C20H33N3O3/c1-16(2)13-19(24)22(11-6-12-26-4)15-20(25)23(17-8-9-17)14-18-7-5-10-21(18)3/h5,7,10,16-17H,6,8-9,11-15H2,1-4H3. The van der Waals surface area contributed by atoms with E-state index < -0.39 is 0 Å². The van der Waals surface area contributed by atoms with E-state index in [9.17, 15) is 9.59 Å². The molecule has 0 spiro atoms. The molecule has 1 aliphatic carbocycles. The first-order valence-corrected chi connectivity index (χ1v) is 9.58. The fraction of sp³-hybridized carbons (Fsp3) is 0.700. The lowest BCUT2D eigenvalue weighted by Crippen LogP contribution is -2.44. The van der Waals surface area contributed by atoms with E-state index in [1.54, 1.807) is 12.0 Å². The summed E-state index contributed by atoms with van der Waals surface area (Å²) >= 11 is 0. The highest BCUT2D eigenvalue weighted by Crippen LogP contribution is 2.28. The molecular formula is C20H33N3O3. The predicted octanol–water partition coefficient (Wildman–Crippen LogP) is 2.43. The summed E-state index contributed by atoms with van der Waals surface area (Å²) in [6, 6.07) is 4.36. The van der Waals surface area contributed by atoms with E-state index in [-0.39, 0.29) is 24.3 Å². The van der Waals surface area contributed by atoms with Crippen LogP contribution in [0.4, 0.5) is 0 Å². The van der Waals surface area contributed by atoms with Crippen molar-refractivity contribution in [3.8, 4) is 0 Å². The molecular weight excluding hydrogens is 330 g/mol. The number of hydrogen-bond acceptors (Lipinski definition) is 3. The van der Waals surface area contributed by atoms with E-state index in [1.165, 1.54) is 0 Å². The minimum absolute atomic E-state index is 0.0447. The Balaban J connectivity index is 2.01. The molecule has 1 aromatic rings. The van der Waals surface area contributed by atoms with Crippen LogP contribution in [0.1, 0.15) is 45.2 Å². The molecule has 0 atom stereocenters. The maximum absolute atomic E-state index is 13.0. The number of nitrogens with zero attached hydrogens (tertiary/aromatic N) is 3. The van der Waals surface area contributed by atoms with Gasteiger partial charge in [-0.05, 0) is 37.3 Å². The van der Waals surface area contributed by atoms with Gasteiger partial charge in [-0.2, -0.15) is 0 Å². The maximum atomic E-state index is 13.0. The highest BCUT2D eigenvalue weighted by atomic mass is 16.5. The van der Waals surface area contributed by atoms with E-state index in [0.29, 0.717) is 32.2 Å². The number of carbonyl (C=O) groups excluding carboxylic acids is 2. The van der Waals surface area contributed by atoms with Gasteiger partial charge in [0, 0.05) is 51.7 Å². The number of aryl methyl sites for hydroxylation is 1. The van der Waals surface area contributed by atoms with Crippen molar-refractivity contribution in [3.63, 3.8) is 0 Å². The van der Waals surface area contributed by atoms with Gasteiger partial charge in [0.15, 0.2) is 0 Å². The van der Waals surface area contributed by atoms with Crippen LogP contribution in [0.5, 0.6) is 0 Å². The van der Waals surface area contributed by atoms with E-state index in [0.717, 1.165) is 25.0 Å². The SMILES string of the molecule is COCCCN(CC(=O)N(Cc1cccn1C)C1CC1)C(=O)CC(C)C. The maximum Gasteiger partial charge on any atom is 0.242 e. The summed E-state index contributed by atoms with van der Waals surface area (Å²) in [5.74, 6) is 0.382. The Bertz CT molecular complexity index is 593. The van der Waals surface area contributed by atoms with Gasteiger partial charge >= 0.3 is 0 Å². The minimum Gasteiger partial charge on any atom is -0.385 e. The molecule has 0 bridgehead atoms. The Morgan fingerprint density at radius 2 is 2.04 bits per heavy atom. The third-order valence-corrected chi connectivity index (χ3v) is 4.73. The van der Waals surface area contributed by atoms with Gasteiger partial charge in [0.2, 0.25) is 11.8 Å². The van der Waals surface area contributed by atoms with Gasteiger partial charge < -0.3 is 19.1 Å². The number of amides is 2. The van der Waals surface area contributed by atoms with Crippen molar-refractivity contribution in [1.29, 1.82) is 0 Å². The summed E-state index contributed by atoms with van der Waals surface area (Å²) in [5, 5.41) is 0. The van der Waals surface area contributed by atoms with Crippen molar-refractivity contribution < 1.29 is 14.3 Å². The summed E-state index contributed by atoms with van der Waals surface area (Å²) in [6.45, 7) is 5.98. The Kier molecular flexibility index (Phi) is 7.69. The molecule has 0 N–H and O–H groups in total. The van der Waals surface area contributed by atoms with Crippen LogP contribution in [-0.4, -0.2) is 59.0 Å². The fourth-order valence-corrected chi connectivity index (χ4v) is 3.07. The van der Waals surface area contributed by atoms with Crippen molar-refractivity contribution in [1.82, 2.24) is 14.4 Å². The van der Waals surface area contributed by atoms with E-state index >= 15 is 0 Å². The van der Waals surface area contributed by atoms with E-state index in [2.05, 4.69) is 0 Å². The van der Waals surface area contributed by atoms with Crippen molar-refractivity contribution in [2.24, 2.45) is 13.0 Å². The van der Waals surface area contributed by atoms with Crippen molar-refractivity contribution in [2.45, 2.75) is 52.1 Å². The average Bonchev–Trinajstić information content (AvgIpc) is 3.33. The van der Waals surface area contributed by atoms with Crippen LogP contribution < -0.4 is 0 Å². The van der Waals surface area contributed by atoms with E-state index in [1.807, 2.05) is 48.7 Å². The topological polar surface area (TPSA) is 54.8 Å². The second kappa shape index (κ2) is 9.76. The summed E-state index contributed by atoms with van der Waals surface area (Å²) in [6.07, 6.45) is 5.32. The summed E-state index contributed by atoms with van der Waals surface area (Å²) in [7, 11) is 3.65. The van der Waals surface area contributed by atoms with Gasteiger partial charge in [-0.3, -0.25) is 9.59 Å². The molecule has 0 unspecified atom stereocenters. The first kappa shape index (κ1) is 20.5. The number of aromatic nitrogens is 1. The Morgan fingerprint density at radius 3 is 2.58 bits per heavy atom. The van der Waals surface area contributed by atoms with Gasteiger partial charge in [0.1, 0.15) is 0 Å². The van der Waals surface area contributed by atoms with E-state index in [4.69, 9.17) is 4.74 Å². The number of ether oxygens (including phenoxy) is 1. The average molecular weight is 364 g/mol. The lowest BCUT2D eigenvalue weighted by molar-refractivity contribution is -0.141. The first-order valence-electron chi connectivity index (χ1n) is 9.58. The lowest BCUT2D eigenvalue weighted by atomic mass is 10.1. The van der Waals surface area contributed by atoms with Crippen LogP contribution in [-0.2, 0) is 27.9 Å². The van der Waals surface area contributed by atoms with Gasteiger partial charge in [-0.25, -0.2) is 0 Å². The monoisotopic (exact) mass is 363 g/mol.